The number of amides is 1. The molecule has 0 unspecified atom stereocenters. The molecule has 1 aliphatic carbocycles. The van der Waals surface area contributed by atoms with Crippen LogP contribution in [0.5, 0.6) is 0 Å². The van der Waals surface area contributed by atoms with Crippen molar-refractivity contribution in [2.24, 2.45) is 5.92 Å². The van der Waals surface area contributed by atoms with E-state index in [0.29, 0.717) is 25.4 Å². The monoisotopic (exact) mass is 236 g/mol. The minimum atomic E-state index is 0.0632. The molecule has 0 aromatic heterocycles. The fourth-order valence-corrected chi connectivity index (χ4v) is 1.68. The summed E-state index contributed by atoms with van der Waals surface area (Å²) in [6.07, 6.45) is 8.32. The molecule has 0 heterocycles. The summed E-state index contributed by atoms with van der Waals surface area (Å²) in [4.78, 5) is 13.8. The maximum atomic E-state index is 12.0. The van der Waals surface area contributed by atoms with E-state index in [9.17, 15) is 4.79 Å². The molecule has 1 aliphatic rings. The lowest BCUT2D eigenvalue weighted by Gasteiger charge is -2.23. The van der Waals surface area contributed by atoms with Crippen LogP contribution in [0.1, 0.15) is 40.0 Å². The summed E-state index contributed by atoms with van der Waals surface area (Å²) in [5.74, 6) is 3.44. The molecule has 0 aromatic carbocycles. The Bertz CT molecular complexity index is 294. The molecule has 0 atom stereocenters. The number of hydrogen-bond acceptors (Lipinski definition) is 2. The van der Waals surface area contributed by atoms with Gasteiger partial charge in [-0.05, 0) is 39.5 Å². The van der Waals surface area contributed by atoms with Crippen LogP contribution in [0.15, 0.2) is 0 Å². The minimum Gasteiger partial charge on any atom is -0.331 e. The van der Waals surface area contributed by atoms with Crippen LogP contribution < -0.4 is 5.32 Å². The molecule has 0 aliphatic heterocycles. The maximum absolute atomic E-state index is 12.0. The second-order valence-electron chi connectivity index (χ2n) is 5.85. The highest BCUT2D eigenvalue weighted by molar-refractivity contribution is 5.76. The van der Waals surface area contributed by atoms with E-state index >= 15 is 0 Å². The van der Waals surface area contributed by atoms with Gasteiger partial charge in [0.1, 0.15) is 0 Å². The Balaban J connectivity index is 2.29. The average Bonchev–Trinajstić information content (AvgIpc) is 2.99. The van der Waals surface area contributed by atoms with Crippen LogP contribution >= 0.6 is 0 Å². The van der Waals surface area contributed by atoms with Gasteiger partial charge in [-0.25, -0.2) is 0 Å². The zero-order valence-corrected chi connectivity index (χ0v) is 11.3. The highest BCUT2D eigenvalue weighted by Gasteiger charge is 2.26. The standard InChI is InChI=1S/C14H24N2O/c1-5-10-16(11-12-6-7-12)13(17)8-9-15-14(2,3)4/h1,12,15H,6-11H2,2-4H3. The lowest BCUT2D eigenvalue weighted by molar-refractivity contribution is -0.130. The second-order valence-corrected chi connectivity index (χ2v) is 5.85. The Morgan fingerprint density at radius 2 is 2.12 bits per heavy atom. The molecule has 3 nitrogen and oxygen atoms in total. The number of hydrogen-bond donors (Lipinski definition) is 1. The van der Waals surface area contributed by atoms with Crippen LogP contribution in [0.2, 0.25) is 0 Å². The first-order valence-electron chi connectivity index (χ1n) is 6.38. The molecule has 1 saturated carbocycles. The van der Waals surface area contributed by atoms with Gasteiger partial charge in [-0.1, -0.05) is 5.92 Å². The molecule has 1 rings (SSSR count). The molecule has 0 spiro atoms. The smallest absolute Gasteiger partial charge is 0.224 e. The fourth-order valence-electron chi connectivity index (χ4n) is 1.68. The van der Waals surface area contributed by atoms with E-state index in [1.807, 2.05) is 4.90 Å². The van der Waals surface area contributed by atoms with Crippen molar-refractivity contribution in [3.05, 3.63) is 0 Å². The number of terminal acetylenes is 1. The van der Waals surface area contributed by atoms with E-state index in [2.05, 4.69) is 32.0 Å². The minimum absolute atomic E-state index is 0.0632. The van der Waals surface area contributed by atoms with Crippen LogP contribution in [-0.4, -0.2) is 36.0 Å². The van der Waals surface area contributed by atoms with Gasteiger partial charge in [0.25, 0.3) is 0 Å². The van der Waals surface area contributed by atoms with Crippen LogP contribution in [0.3, 0.4) is 0 Å². The maximum Gasteiger partial charge on any atom is 0.224 e. The third kappa shape index (κ3) is 6.33. The zero-order chi connectivity index (χ0) is 12.9. The summed E-state index contributed by atoms with van der Waals surface area (Å²) in [5, 5.41) is 3.32. The van der Waals surface area contributed by atoms with Crippen LogP contribution in [0.25, 0.3) is 0 Å². The van der Waals surface area contributed by atoms with Gasteiger partial charge in [0, 0.05) is 25.0 Å². The topological polar surface area (TPSA) is 32.3 Å². The van der Waals surface area contributed by atoms with Crippen molar-refractivity contribution in [3.63, 3.8) is 0 Å². The first kappa shape index (κ1) is 14.1. The van der Waals surface area contributed by atoms with Crippen LogP contribution in [0.4, 0.5) is 0 Å². The predicted octanol–water partition coefficient (Wildman–Crippen LogP) is 1.64. The van der Waals surface area contributed by atoms with E-state index in [0.717, 1.165) is 6.54 Å². The van der Waals surface area contributed by atoms with Crippen molar-refractivity contribution >= 4 is 5.91 Å². The lowest BCUT2D eigenvalue weighted by Crippen LogP contribution is -2.40. The van der Waals surface area contributed by atoms with Gasteiger partial charge in [-0.15, -0.1) is 6.42 Å². The normalized spacial score (nSPS) is 15.4. The third-order valence-electron chi connectivity index (χ3n) is 2.80. The predicted molar refractivity (Wildman–Crippen MR) is 70.5 cm³/mol. The fraction of sp³-hybridized carbons (Fsp3) is 0.786. The van der Waals surface area contributed by atoms with Crippen molar-refractivity contribution in [1.82, 2.24) is 10.2 Å². The summed E-state index contributed by atoms with van der Waals surface area (Å²) >= 11 is 0. The largest absolute Gasteiger partial charge is 0.331 e. The van der Waals surface area contributed by atoms with Crippen molar-refractivity contribution in [1.29, 1.82) is 0 Å². The van der Waals surface area contributed by atoms with Crippen molar-refractivity contribution in [3.8, 4) is 12.3 Å². The van der Waals surface area contributed by atoms with Crippen LogP contribution in [0, 0.1) is 18.3 Å². The van der Waals surface area contributed by atoms with E-state index in [4.69, 9.17) is 6.42 Å². The van der Waals surface area contributed by atoms with Crippen LogP contribution in [-0.2, 0) is 4.79 Å². The molecule has 96 valence electrons. The van der Waals surface area contributed by atoms with E-state index in [1.165, 1.54) is 12.8 Å². The molecule has 1 amide bonds. The van der Waals surface area contributed by atoms with Gasteiger partial charge in [0.2, 0.25) is 5.91 Å². The van der Waals surface area contributed by atoms with Crippen molar-refractivity contribution in [2.75, 3.05) is 19.6 Å². The average molecular weight is 236 g/mol. The third-order valence-corrected chi connectivity index (χ3v) is 2.80. The number of rotatable bonds is 6. The van der Waals surface area contributed by atoms with E-state index < -0.39 is 0 Å². The SMILES string of the molecule is C#CCN(CC1CC1)C(=O)CCNC(C)(C)C. The number of carbonyl (C=O) groups excluding carboxylic acids is 1. The molecule has 0 bridgehead atoms. The summed E-state index contributed by atoms with van der Waals surface area (Å²) in [6.45, 7) is 8.31. The quantitative estimate of drug-likeness (QED) is 0.711. The van der Waals surface area contributed by atoms with Crippen molar-refractivity contribution < 1.29 is 4.79 Å². The Labute approximate surface area is 105 Å². The molecule has 0 saturated heterocycles. The highest BCUT2D eigenvalue weighted by Crippen LogP contribution is 2.29. The Morgan fingerprint density at radius 3 is 2.59 bits per heavy atom. The van der Waals surface area contributed by atoms with Gasteiger partial charge in [0.05, 0.1) is 6.54 Å². The van der Waals surface area contributed by atoms with E-state index in [1.54, 1.807) is 0 Å². The second kappa shape index (κ2) is 6.07. The molecule has 0 radical (unpaired) electrons. The summed E-state index contributed by atoms with van der Waals surface area (Å²) in [7, 11) is 0. The Morgan fingerprint density at radius 1 is 1.47 bits per heavy atom. The molecular formula is C14H24N2O. The molecule has 17 heavy (non-hydrogen) atoms. The van der Waals surface area contributed by atoms with Crippen molar-refractivity contribution in [2.45, 2.75) is 45.6 Å². The molecule has 1 fully saturated rings. The highest BCUT2D eigenvalue weighted by atomic mass is 16.2. The first-order chi connectivity index (χ1) is 7.92. The summed E-state index contributed by atoms with van der Waals surface area (Å²) in [5.41, 5.74) is 0.0632. The van der Waals surface area contributed by atoms with Gasteiger partial charge in [-0.2, -0.15) is 0 Å². The summed E-state index contributed by atoms with van der Waals surface area (Å²) < 4.78 is 0. The number of carbonyl (C=O) groups is 1. The zero-order valence-electron chi connectivity index (χ0n) is 11.3. The molecule has 1 N–H and O–H groups in total. The lowest BCUT2D eigenvalue weighted by atomic mass is 10.1. The van der Waals surface area contributed by atoms with Gasteiger partial charge >= 0.3 is 0 Å². The molecular weight excluding hydrogens is 212 g/mol. The van der Waals surface area contributed by atoms with E-state index in [-0.39, 0.29) is 11.4 Å². The Hall–Kier alpha value is -1.01. The van der Waals surface area contributed by atoms with Gasteiger partial charge in [-0.3, -0.25) is 4.79 Å². The summed E-state index contributed by atoms with van der Waals surface area (Å²) in [6, 6.07) is 0. The first-order valence-corrected chi connectivity index (χ1v) is 6.38. The molecule has 3 heteroatoms. The van der Waals surface area contributed by atoms with Gasteiger partial charge in [0.15, 0.2) is 0 Å². The number of nitrogens with one attached hydrogen (secondary N) is 1. The molecule has 0 aromatic rings. The van der Waals surface area contributed by atoms with Gasteiger partial charge < -0.3 is 10.2 Å². The Kier molecular flexibility index (Phi) is 5.02. The number of nitrogens with zero attached hydrogens (tertiary/aromatic N) is 1.